The molecule has 26 nitrogen and oxygen atoms in total. The number of nitrogens with zero attached hydrogens (tertiary/aromatic N) is 6. The number of nitrogens with one attached hydrogen (secondary N) is 3. The van der Waals surface area contributed by atoms with Crippen LogP contribution in [0.5, 0.6) is 5.75 Å². The van der Waals surface area contributed by atoms with Crippen LogP contribution < -0.4 is 83.8 Å². The maximum Gasteiger partial charge on any atom is 0.280 e. The number of aromatic nitrogens is 2. The van der Waals surface area contributed by atoms with Crippen molar-refractivity contribution in [2.75, 3.05) is 70.4 Å². The Balaban J connectivity index is -0.00000640. The number of rotatable bonds is 44. The number of anilines is 2. The third-order valence-corrected chi connectivity index (χ3v) is 13.1. The zero-order valence-corrected chi connectivity index (χ0v) is 52.9. The highest BCUT2D eigenvalue weighted by Gasteiger charge is 2.19. The van der Waals surface area contributed by atoms with Gasteiger partial charge in [-0.15, -0.1) is 0 Å². The molecule has 25 N–H and O–H groups in total. The Hall–Kier alpha value is -5.05. The van der Waals surface area contributed by atoms with Gasteiger partial charge in [-0.05, 0) is 127 Å². The minimum Gasteiger partial charge on any atom is -0.492 e. The minimum atomic E-state index is -0.703. The van der Waals surface area contributed by atoms with Gasteiger partial charge < -0.3 is 78.4 Å². The summed E-state index contributed by atoms with van der Waals surface area (Å²) >= 11 is 5.87. The molecule has 0 fully saturated rings. The van der Waals surface area contributed by atoms with E-state index in [-0.39, 0.29) is 125 Å². The van der Waals surface area contributed by atoms with Crippen LogP contribution >= 0.6 is 65.6 Å². The summed E-state index contributed by atoms with van der Waals surface area (Å²) < 4.78 is 6.13. The normalized spacial score (nSPS) is 12.2. The molecule has 0 aliphatic heterocycles. The van der Waals surface area contributed by atoms with Gasteiger partial charge in [-0.2, -0.15) is 54.0 Å². The van der Waals surface area contributed by atoms with Gasteiger partial charge in [0.25, 0.3) is 5.91 Å². The Labute approximate surface area is 530 Å². The molecule has 4 atom stereocenters. The van der Waals surface area contributed by atoms with Crippen LogP contribution in [0.25, 0.3) is 0 Å². The number of carbonyl (C=O) groups excluding carboxylic acids is 5. The number of hydrogen-bond donors (Lipinski definition) is 14. The van der Waals surface area contributed by atoms with E-state index in [0.717, 1.165) is 62.7 Å². The molecule has 0 saturated heterocycles. The summed E-state index contributed by atoms with van der Waals surface area (Å²) in [5, 5.41) is 8.20. The third kappa shape index (κ3) is 40.3. The van der Waals surface area contributed by atoms with Gasteiger partial charge >= 0.3 is 0 Å². The molecule has 84 heavy (non-hydrogen) atoms. The van der Waals surface area contributed by atoms with Crippen molar-refractivity contribution in [3.05, 3.63) is 40.7 Å². The first-order valence-corrected chi connectivity index (χ1v) is 28.0. The number of nitrogens with two attached hydrogens (primary N) is 11. The van der Waals surface area contributed by atoms with E-state index in [4.69, 9.17) is 79.4 Å². The number of aliphatic imine (C=N–C) groups is 3. The first-order chi connectivity index (χ1) is 37.8. The number of Topliss-reactive ketones (excluding diaryl/α,β-unsaturated/α-hetero) is 2. The lowest BCUT2D eigenvalue weighted by Crippen LogP contribution is -2.42. The molecule has 1 aromatic heterocycles. The Morgan fingerprint density at radius 1 is 0.548 bits per heavy atom. The lowest BCUT2D eigenvalue weighted by Gasteiger charge is -2.23. The molecule has 0 bridgehead atoms. The van der Waals surface area contributed by atoms with Crippen molar-refractivity contribution in [3.63, 3.8) is 0 Å². The largest absolute Gasteiger partial charge is 0.492 e. The van der Waals surface area contributed by atoms with Crippen LogP contribution in [-0.4, -0.2) is 145 Å². The van der Waals surface area contributed by atoms with Crippen molar-refractivity contribution in [2.45, 2.75) is 166 Å². The van der Waals surface area contributed by atoms with Gasteiger partial charge in [0.15, 0.2) is 40.4 Å². The zero-order valence-electron chi connectivity index (χ0n) is 48.2. The Bertz CT molecular complexity index is 2160. The zero-order chi connectivity index (χ0) is 58.4. The quantitative estimate of drug-likeness (QED) is 0.0253. The average Bonchev–Trinajstić information content (AvgIpc) is 3.40. The summed E-state index contributed by atoms with van der Waals surface area (Å²) in [6.45, 7) is 4.59. The highest BCUT2D eigenvalue weighted by Crippen LogP contribution is 2.18. The van der Waals surface area contributed by atoms with Crippen molar-refractivity contribution in [1.82, 2.24) is 30.8 Å². The highest BCUT2D eigenvalue weighted by atomic mass is 35.5. The van der Waals surface area contributed by atoms with E-state index in [0.29, 0.717) is 142 Å². The number of amides is 3. The lowest BCUT2D eigenvalue weighted by molar-refractivity contribution is -0.123. The fourth-order valence-electron chi connectivity index (χ4n) is 8.14. The minimum absolute atomic E-state index is 0. The van der Waals surface area contributed by atoms with E-state index >= 15 is 0 Å². The average molecular weight is 1280 g/mol. The maximum atomic E-state index is 12.9. The van der Waals surface area contributed by atoms with E-state index in [1.165, 1.54) is 0 Å². The molecule has 1 aromatic carbocycles. The molecule has 0 spiro atoms. The molecule has 2 rings (SSSR count). The molecule has 484 valence electrons. The molecule has 0 aliphatic rings. The van der Waals surface area contributed by atoms with Crippen LogP contribution in [-0.2, 0) is 25.6 Å². The van der Waals surface area contributed by atoms with Crippen LogP contribution in [0.1, 0.15) is 152 Å². The second-order valence-electron chi connectivity index (χ2n) is 19.6. The summed E-state index contributed by atoms with van der Waals surface area (Å²) in [4.78, 5) is 85.1. The third-order valence-electron chi connectivity index (χ3n) is 12.8. The van der Waals surface area contributed by atoms with Gasteiger partial charge in [0.05, 0.1) is 24.2 Å². The van der Waals surface area contributed by atoms with Gasteiger partial charge in [-0.1, -0.05) is 56.8 Å². The smallest absolute Gasteiger partial charge is 0.280 e. The number of unbranched alkanes of at least 4 members (excludes halogenated alkanes) is 7. The second kappa shape index (κ2) is 51.2. The molecule has 0 saturated carbocycles. The lowest BCUT2D eigenvalue weighted by atomic mass is 10.0. The molecular formula is C53H105ClN20O6S4. The number of aryl methyl sites for hydroxylation is 1. The van der Waals surface area contributed by atoms with Crippen molar-refractivity contribution in [2.24, 2.45) is 66.6 Å². The van der Waals surface area contributed by atoms with Crippen LogP contribution in [0.2, 0.25) is 5.15 Å². The molecular weight excluding hydrogens is 1180 g/mol. The van der Waals surface area contributed by atoms with Crippen LogP contribution in [0.15, 0.2) is 39.2 Å². The van der Waals surface area contributed by atoms with Crippen molar-refractivity contribution in [1.29, 1.82) is 0 Å². The van der Waals surface area contributed by atoms with E-state index < -0.39 is 30.1 Å². The predicted molar refractivity (Wildman–Crippen MR) is 362 cm³/mol. The van der Waals surface area contributed by atoms with E-state index in [9.17, 15) is 24.0 Å². The summed E-state index contributed by atoms with van der Waals surface area (Å²) in [5.74, 6) is -0.638. The predicted octanol–water partition coefficient (Wildman–Crippen LogP) is 1.38. The summed E-state index contributed by atoms with van der Waals surface area (Å²) in [6.07, 6.45) is 14.0. The molecule has 0 radical (unpaired) electrons. The Morgan fingerprint density at radius 3 is 1.46 bits per heavy atom. The van der Waals surface area contributed by atoms with Crippen LogP contribution in [0.4, 0.5) is 11.6 Å². The number of ether oxygens (including phenoxy) is 1. The molecule has 3 amide bonds. The number of hydrogen-bond acceptors (Lipinski definition) is 18. The van der Waals surface area contributed by atoms with Crippen molar-refractivity contribution in [3.8, 4) is 5.75 Å². The Morgan fingerprint density at radius 2 is 0.988 bits per heavy atom. The number of nitrogen functional groups attached to an aromatic ring is 2. The maximum absolute atomic E-state index is 12.9. The first-order valence-electron chi connectivity index (χ1n) is 27.6. The highest BCUT2D eigenvalue weighted by molar-refractivity contribution is 7.59. The molecule has 0 unspecified atom stereocenters. The fraction of sp³-hybridized carbons (Fsp3) is 0.660. The van der Waals surface area contributed by atoms with Gasteiger partial charge in [0, 0.05) is 52.1 Å². The summed E-state index contributed by atoms with van der Waals surface area (Å²) in [6, 6.07) is 5.53. The number of guanidine groups is 3. The monoisotopic (exact) mass is 1280 g/mol. The SMILES string of the molecule is C.NC(N)=NCCCC[C@H](N)C(=O)CCCCC[C@H](N)C(=O)NCCCN(CCCNC(=O)[C@@H](N)CCCCCC(=O)[C@@H](N)CCCCN=C(N)N)CCOc1ccc(CCCCN=C(N)NC(=O)c2nc(Cl)c(N)nc2N)cc1.S.S.S.S. The summed E-state index contributed by atoms with van der Waals surface area (Å²) in [5.41, 5.74) is 64.1. The number of halogens is 1. The van der Waals surface area contributed by atoms with E-state index in [2.05, 4.69) is 45.8 Å². The number of benzene rings is 1. The Kier molecular flexibility index (Phi) is 52.0. The molecule has 1 heterocycles. The fourth-order valence-corrected chi connectivity index (χ4v) is 8.27. The van der Waals surface area contributed by atoms with Crippen molar-refractivity contribution < 1.29 is 28.7 Å². The van der Waals surface area contributed by atoms with Crippen LogP contribution in [0.3, 0.4) is 0 Å². The second-order valence-corrected chi connectivity index (χ2v) is 20.0. The number of ketones is 2. The molecule has 31 heteroatoms. The topological polar surface area (TPSA) is 483 Å². The van der Waals surface area contributed by atoms with Gasteiger partial charge in [-0.25, -0.2) is 9.97 Å². The first kappa shape index (κ1) is 85.4. The van der Waals surface area contributed by atoms with Gasteiger partial charge in [0.1, 0.15) is 23.9 Å². The van der Waals surface area contributed by atoms with Gasteiger partial charge in [0.2, 0.25) is 11.8 Å². The van der Waals surface area contributed by atoms with E-state index in [1.54, 1.807) is 0 Å². The molecule has 2 aromatic rings. The van der Waals surface area contributed by atoms with Crippen molar-refractivity contribution >= 4 is 124 Å². The standard InChI is InChI=1S/C52H93ClN20O6.CH4.4H2S/c53-44-46(59)71-45(58)43(70-44)49(78)72-52(64)69-28-10-7-15-35-22-24-36(25-23-35)79-34-33-73(31-13-29-65-47(76)39(56)18-3-1-5-20-41(74)37(54)16-8-11-26-67-50(60)61)32-14-30-66-48(77)40(57)19-4-2-6-21-42(75)38(55)17-9-12-27-68-51(62)63;;;;;/h22-25,37-40H,1-21,26-34,54-57H2,(H,65,76)(H,66,77)(H4,58,59,71)(H4,60,61,67)(H4,62,63,68)(H3,64,69,72,78);1H4;4*1H2/t37-,38-,39-,40-;;;;;/m0...../s1. The van der Waals surface area contributed by atoms with Gasteiger partial charge in [-0.3, -0.25) is 49.2 Å². The van der Waals surface area contributed by atoms with E-state index in [1.807, 2.05) is 24.3 Å². The molecule has 0 aliphatic carbocycles. The summed E-state index contributed by atoms with van der Waals surface area (Å²) in [7, 11) is 0. The number of carbonyl (C=O) groups is 5. The van der Waals surface area contributed by atoms with Crippen LogP contribution in [0, 0.1) is 0 Å².